The van der Waals surface area contributed by atoms with Gasteiger partial charge in [-0.05, 0) is 35.9 Å². The minimum atomic E-state index is -0.407. The fourth-order valence-corrected chi connectivity index (χ4v) is 3.88. The molecule has 0 unspecified atom stereocenters. The molecule has 0 bridgehead atoms. The summed E-state index contributed by atoms with van der Waals surface area (Å²) >= 11 is 1.35. The number of thiophene rings is 1. The first kappa shape index (κ1) is 17.4. The van der Waals surface area contributed by atoms with E-state index in [4.69, 9.17) is 4.74 Å². The minimum absolute atomic E-state index is 0.126. The summed E-state index contributed by atoms with van der Waals surface area (Å²) in [5, 5.41) is 2.30. The van der Waals surface area contributed by atoms with Gasteiger partial charge in [0.1, 0.15) is 22.2 Å². The highest BCUT2D eigenvalue weighted by Gasteiger charge is 2.15. The zero-order chi connectivity index (χ0) is 19.0. The lowest BCUT2D eigenvalue weighted by Crippen LogP contribution is -2.21. The van der Waals surface area contributed by atoms with E-state index in [0.29, 0.717) is 27.1 Å². The highest BCUT2D eigenvalue weighted by Crippen LogP contribution is 2.31. The average molecular weight is 384 g/mol. The van der Waals surface area contributed by atoms with Crippen molar-refractivity contribution in [3.8, 4) is 16.9 Å². The molecular weight excluding hydrogens is 370 g/mol. The smallest absolute Gasteiger partial charge is 0.263 e. The molecule has 0 radical (unpaired) electrons. The van der Waals surface area contributed by atoms with E-state index in [1.807, 2.05) is 5.38 Å². The highest BCUT2D eigenvalue weighted by molar-refractivity contribution is 7.17. The van der Waals surface area contributed by atoms with Gasteiger partial charge < -0.3 is 4.74 Å². The minimum Gasteiger partial charge on any atom is -0.496 e. The van der Waals surface area contributed by atoms with E-state index in [1.54, 1.807) is 12.1 Å². The van der Waals surface area contributed by atoms with Crippen molar-refractivity contribution in [3.63, 3.8) is 0 Å². The molecule has 0 amide bonds. The number of halogens is 2. The summed E-state index contributed by atoms with van der Waals surface area (Å²) in [7, 11) is 1.49. The number of methoxy groups -OCH3 is 1. The monoisotopic (exact) mass is 384 g/mol. The third-order valence-electron chi connectivity index (χ3n) is 4.30. The van der Waals surface area contributed by atoms with Gasteiger partial charge in [-0.2, -0.15) is 0 Å². The van der Waals surface area contributed by atoms with Crippen LogP contribution >= 0.6 is 11.3 Å². The van der Waals surface area contributed by atoms with E-state index in [-0.39, 0.29) is 17.9 Å². The first-order chi connectivity index (χ1) is 13.1. The first-order valence-electron chi connectivity index (χ1n) is 8.12. The number of fused-ring (bicyclic) bond motifs is 1. The van der Waals surface area contributed by atoms with E-state index in [9.17, 15) is 13.6 Å². The lowest BCUT2D eigenvalue weighted by Gasteiger charge is -2.10. The molecule has 0 saturated carbocycles. The normalized spacial score (nSPS) is 11.1. The van der Waals surface area contributed by atoms with Crippen molar-refractivity contribution in [1.29, 1.82) is 0 Å². The summed E-state index contributed by atoms with van der Waals surface area (Å²) in [6.45, 7) is 0.126. The number of ether oxygens (including phenoxy) is 1. The van der Waals surface area contributed by atoms with Crippen LogP contribution in [0.25, 0.3) is 21.3 Å². The summed E-state index contributed by atoms with van der Waals surface area (Å²) in [5.74, 6) is -0.255. The van der Waals surface area contributed by atoms with E-state index in [1.165, 1.54) is 59.7 Å². The summed E-state index contributed by atoms with van der Waals surface area (Å²) in [4.78, 5) is 18.0. The fraction of sp³-hybridized carbons (Fsp3) is 0.100. The van der Waals surface area contributed by atoms with Crippen LogP contribution in [0.15, 0.2) is 59.0 Å². The third kappa shape index (κ3) is 3.21. The summed E-state index contributed by atoms with van der Waals surface area (Å²) in [6, 6.07) is 10.1. The molecule has 0 aliphatic heterocycles. The molecule has 2 aromatic heterocycles. The predicted octanol–water partition coefficient (Wildman–Crippen LogP) is 4.46. The molecule has 4 nitrogen and oxygen atoms in total. The Morgan fingerprint density at radius 1 is 1.11 bits per heavy atom. The lowest BCUT2D eigenvalue weighted by molar-refractivity contribution is 0.406. The topological polar surface area (TPSA) is 44.1 Å². The number of rotatable bonds is 4. The van der Waals surface area contributed by atoms with Crippen molar-refractivity contribution in [2.24, 2.45) is 0 Å². The van der Waals surface area contributed by atoms with Gasteiger partial charge in [0.2, 0.25) is 0 Å². The fourth-order valence-electron chi connectivity index (χ4n) is 2.98. The summed E-state index contributed by atoms with van der Waals surface area (Å²) in [6.07, 6.45) is 1.44. The van der Waals surface area contributed by atoms with Gasteiger partial charge in [0.15, 0.2) is 0 Å². The highest BCUT2D eigenvalue weighted by atomic mass is 32.1. The maximum Gasteiger partial charge on any atom is 0.263 e. The number of hydrogen-bond acceptors (Lipinski definition) is 4. The van der Waals surface area contributed by atoms with Crippen LogP contribution in [-0.2, 0) is 6.54 Å². The number of nitrogens with zero attached hydrogens (tertiary/aromatic N) is 2. The Morgan fingerprint density at radius 2 is 1.85 bits per heavy atom. The molecular formula is C20H14F2N2O2S. The summed E-state index contributed by atoms with van der Waals surface area (Å²) in [5.41, 5.74) is 1.74. The van der Waals surface area contributed by atoms with Crippen molar-refractivity contribution in [3.05, 3.63) is 81.7 Å². The Bertz CT molecular complexity index is 1180. The Morgan fingerprint density at radius 3 is 2.59 bits per heavy atom. The molecule has 2 aromatic carbocycles. The SMILES string of the molecule is COc1ccc(F)cc1Cn1cnc2scc(-c3ccc(F)cc3)c2c1=O. The molecule has 0 aliphatic carbocycles. The van der Waals surface area contributed by atoms with E-state index in [0.717, 1.165) is 5.56 Å². The van der Waals surface area contributed by atoms with E-state index >= 15 is 0 Å². The van der Waals surface area contributed by atoms with E-state index < -0.39 is 5.82 Å². The van der Waals surface area contributed by atoms with Gasteiger partial charge in [-0.1, -0.05) is 12.1 Å². The predicted molar refractivity (Wildman–Crippen MR) is 101 cm³/mol. The molecule has 7 heteroatoms. The largest absolute Gasteiger partial charge is 0.496 e. The maximum atomic E-state index is 13.6. The van der Waals surface area contributed by atoms with Crippen molar-refractivity contribution in [2.75, 3.05) is 7.11 Å². The Hall–Kier alpha value is -3.06. The van der Waals surface area contributed by atoms with Crippen LogP contribution in [0, 0.1) is 11.6 Å². The Kier molecular flexibility index (Phi) is 4.45. The van der Waals surface area contributed by atoms with Crippen molar-refractivity contribution in [2.45, 2.75) is 6.54 Å². The quantitative estimate of drug-likeness (QED) is 0.522. The molecule has 2 heterocycles. The average Bonchev–Trinajstić information content (AvgIpc) is 3.10. The van der Waals surface area contributed by atoms with Gasteiger partial charge in [-0.3, -0.25) is 9.36 Å². The third-order valence-corrected chi connectivity index (χ3v) is 5.19. The van der Waals surface area contributed by atoms with E-state index in [2.05, 4.69) is 4.98 Å². The molecule has 0 N–H and O–H groups in total. The maximum absolute atomic E-state index is 13.6. The second-order valence-electron chi connectivity index (χ2n) is 5.97. The zero-order valence-corrected chi connectivity index (χ0v) is 15.1. The van der Waals surface area contributed by atoms with Gasteiger partial charge in [0.05, 0.1) is 25.4 Å². The van der Waals surface area contributed by atoms with Crippen LogP contribution < -0.4 is 10.3 Å². The molecule has 4 aromatic rings. The Labute approximate surface area is 157 Å². The summed E-state index contributed by atoms with van der Waals surface area (Å²) < 4.78 is 33.5. The van der Waals surface area contributed by atoms with Gasteiger partial charge in [-0.25, -0.2) is 13.8 Å². The second-order valence-corrected chi connectivity index (χ2v) is 6.83. The number of hydrogen-bond donors (Lipinski definition) is 0. The Balaban J connectivity index is 1.83. The van der Waals surface area contributed by atoms with Crippen molar-refractivity contribution < 1.29 is 13.5 Å². The van der Waals surface area contributed by atoms with Crippen LogP contribution in [0.3, 0.4) is 0 Å². The zero-order valence-electron chi connectivity index (χ0n) is 14.3. The molecule has 0 saturated heterocycles. The van der Waals surface area contributed by atoms with Crippen LogP contribution in [0.1, 0.15) is 5.56 Å². The molecule has 27 heavy (non-hydrogen) atoms. The van der Waals surface area contributed by atoms with Crippen LogP contribution in [0.4, 0.5) is 8.78 Å². The standard InChI is InChI=1S/C20H14F2N2O2S/c1-26-17-7-6-15(22)8-13(17)9-24-11-23-19-18(20(24)25)16(10-27-19)12-2-4-14(21)5-3-12/h2-8,10-11H,9H2,1H3. The van der Waals surface area contributed by atoms with Gasteiger partial charge in [0, 0.05) is 16.5 Å². The molecule has 4 rings (SSSR count). The van der Waals surface area contributed by atoms with Gasteiger partial charge in [0.25, 0.3) is 5.56 Å². The van der Waals surface area contributed by atoms with Gasteiger partial charge in [-0.15, -0.1) is 11.3 Å². The number of benzene rings is 2. The molecule has 0 atom stereocenters. The van der Waals surface area contributed by atoms with Crippen molar-refractivity contribution >= 4 is 21.6 Å². The van der Waals surface area contributed by atoms with Crippen LogP contribution in [0.2, 0.25) is 0 Å². The van der Waals surface area contributed by atoms with Crippen LogP contribution in [-0.4, -0.2) is 16.7 Å². The lowest BCUT2D eigenvalue weighted by atomic mass is 10.1. The van der Waals surface area contributed by atoms with Crippen LogP contribution in [0.5, 0.6) is 5.75 Å². The van der Waals surface area contributed by atoms with Gasteiger partial charge >= 0.3 is 0 Å². The first-order valence-corrected chi connectivity index (χ1v) is 9.00. The number of aromatic nitrogens is 2. The molecule has 0 spiro atoms. The molecule has 0 aliphatic rings. The molecule has 0 fully saturated rings. The van der Waals surface area contributed by atoms with Crippen molar-refractivity contribution in [1.82, 2.24) is 9.55 Å². The second kappa shape index (κ2) is 6.92. The molecule has 136 valence electrons.